The van der Waals surface area contributed by atoms with E-state index in [0.717, 1.165) is 17.7 Å². The molecule has 3 rings (SSSR count). The van der Waals surface area contributed by atoms with Gasteiger partial charge in [-0.3, -0.25) is 0 Å². The molecule has 0 spiro atoms. The number of hydrogen-bond donors (Lipinski definition) is 2. The van der Waals surface area contributed by atoms with Gasteiger partial charge in [0.25, 0.3) is 0 Å². The molecule has 0 saturated heterocycles. The number of nitrogens with zero attached hydrogens (tertiary/aromatic N) is 1. The van der Waals surface area contributed by atoms with Gasteiger partial charge in [-0.2, -0.15) is 0 Å². The molecule has 1 heterocycles. The van der Waals surface area contributed by atoms with E-state index >= 15 is 0 Å². The molecule has 0 saturated carbocycles. The number of hydrogen-bond acceptors (Lipinski definition) is 5. The summed E-state index contributed by atoms with van der Waals surface area (Å²) in [6.45, 7) is 4.63. The number of cyclic esters (lactones) is 1. The second kappa shape index (κ2) is 9.03. The number of carbonyl (C=O) groups excluding carboxylic acids is 1. The van der Waals surface area contributed by atoms with E-state index in [1.54, 1.807) is 12.1 Å². The fourth-order valence-electron chi connectivity index (χ4n) is 3.80. The highest BCUT2D eigenvalue weighted by molar-refractivity contribution is 5.94. The maximum atomic E-state index is 13.0. The molecule has 0 aliphatic carbocycles. The third-order valence-electron chi connectivity index (χ3n) is 5.50. The molecule has 1 aliphatic heterocycles. The molecule has 2 aromatic rings. The molecule has 1 unspecified atom stereocenters. The van der Waals surface area contributed by atoms with Crippen molar-refractivity contribution < 1.29 is 19.7 Å². The summed E-state index contributed by atoms with van der Waals surface area (Å²) in [6.07, 6.45) is 3.06. The van der Waals surface area contributed by atoms with Gasteiger partial charge in [0.05, 0.1) is 0 Å². The van der Waals surface area contributed by atoms with E-state index in [1.807, 2.05) is 61.2 Å². The van der Waals surface area contributed by atoms with Crippen molar-refractivity contribution in [1.82, 2.24) is 0 Å². The van der Waals surface area contributed by atoms with Crippen LogP contribution in [-0.4, -0.2) is 28.3 Å². The topological polar surface area (TPSA) is 70.0 Å². The SMILES string of the molecule is CCCN(C1=C(O)CC(CC)(CCc2ccc(O)cc2)OC1=O)c1ccccc1. The number of aliphatic hydroxyl groups is 1. The first-order valence-corrected chi connectivity index (χ1v) is 10.2. The van der Waals surface area contributed by atoms with Crippen LogP contribution in [0.4, 0.5) is 5.69 Å². The van der Waals surface area contributed by atoms with Crippen molar-refractivity contribution in [3.63, 3.8) is 0 Å². The van der Waals surface area contributed by atoms with Gasteiger partial charge in [-0.1, -0.05) is 44.2 Å². The summed E-state index contributed by atoms with van der Waals surface area (Å²) in [6, 6.07) is 16.6. The maximum absolute atomic E-state index is 13.0. The number of anilines is 1. The third-order valence-corrected chi connectivity index (χ3v) is 5.50. The molecule has 5 heteroatoms. The quantitative estimate of drug-likeness (QED) is 0.608. The second-order valence-electron chi connectivity index (χ2n) is 7.55. The fraction of sp³-hybridized carbons (Fsp3) is 0.375. The standard InChI is InChI=1S/C24H29NO4/c1-3-16-25(19-8-6-5-7-9-19)22-21(27)17-24(4-2,29-23(22)28)15-14-18-10-12-20(26)13-11-18/h5-13,26-27H,3-4,14-17H2,1-2H3. The number of para-hydroxylation sites is 1. The number of ether oxygens (including phenoxy) is 1. The molecule has 0 fully saturated rings. The first-order valence-electron chi connectivity index (χ1n) is 10.2. The molecule has 2 N–H and O–H groups in total. The van der Waals surface area contributed by atoms with Crippen LogP contribution in [0.1, 0.15) is 45.1 Å². The van der Waals surface area contributed by atoms with Gasteiger partial charge in [0.1, 0.15) is 17.1 Å². The number of rotatable bonds is 8. The summed E-state index contributed by atoms with van der Waals surface area (Å²) in [5, 5.41) is 20.3. The van der Waals surface area contributed by atoms with E-state index in [0.29, 0.717) is 32.2 Å². The van der Waals surface area contributed by atoms with Crippen LogP contribution in [0.15, 0.2) is 66.1 Å². The Morgan fingerprint density at radius 2 is 1.72 bits per heavy atom. The molecule has 0 amide bonds. The van der Waals surface area contributed by atoms with Gasteiger partial charge in [0.2, 0.25) is 0 Å². The van der Waals surface area contributed by atoms with Crippen molar-refractivity contribution in [3.05, 3.63) is 71.6 Å². The van der Waals surface area contributed by atoms with Crippen LogP contribution in [0.3, 0.4) is 0 Å². The van der Waals surface area contributed by atoms with Gasteiger partial charge < -0.3 is 19.8 Å². The Bertz CT molecular complexity index is 860. The van der Waals surface area contributed by atoms with Crippen LogP contribution >= 0.6 is 0 Å². The van der Waals surface area contributed by atoms with Crippen molar-refractivity contribution in [1.29, 1.82) is 0 Å². The van der Waals surface area contributed by atoms with Crippen molar-refractivity contribution in [3.8, 4) is 5.75 Å². The normalized spacial score (nSPS) is 19.2. The Kier molecular flexibility index (Phi) is 6.47. The van der Waals surface area contributed by atoms with Crippen molar-refractivity contribution in [2.75, 3.05) is 11.4 Å². The van der Waals surface area contributed by atoms with E-state index in [-0.39, 0.29) is 17.2 Å². The van der Waals surface area contributed by atoms with E-state index in [1.165, 1.54) is 0 Å². The number of esters is 1. The number of aromatic hydroxyl groups is 1. The van der Waals surface area contributed by atoms with E-state index in [2.05, 4.69) is 0 Å². The van der Waals surface area contributed by atoms with Crippen molar-refractivity contribution >= 4 is 11.7 Å². The van der Waals surface area contributed by atoms with Gasteiger partial charge in [-0.15, -0.1) is 0 Å². The lowest BCUT2D eigenvalue weighted by Crippen LogP contribution is -2.44. The summed E-state index contributed by atoms with van der Waals surface area (Å²) in [4.78, 5) is 14.9. The number of phenolic OH excluding ortho intramolecular Hbond substituents is 1. The Balaban J connectivity index is 1.84. The average molecular weight is 395 g/mol. The Labute approximate surface area is 172 Å². The largest absolute Gasteiger partial charge is 0.510 e. The summed E-state index contributed by atoms with van der Waals surface area (Å²) in [7, 11) is 0. The molecule has 2 aromatic carbocycles. The van der Waals surface area contributed by atoms with Gasteiger partial charge in [0, 0.05) is 18.7 Å². The zero-order valence-electron chi connectivity index (χ0n) is 17.1. The Morgan fingerprint density at radius 1 is 1.03 bits per heavy atom. The maximum Gasteiger partial charge on any atom is 0.359 e. The molecule has 0 bridgehead atoms. The lowest BCUT2D eigenvalue weighted by Gasteiger charge is -2.39. The molecule has 0 radical (unpaired) electrons. The van der Waals surface area contributed by atoms with Crippen LogP contribution in [0.25, 0.3) is 0 Å². The number of phenols is 1. The number of benzene rings is 2. The van der Waals surface area contributed by atoms with Gasteiger partial charge in [-0.25, -0.2) is 4.79 Å². The number of carbonyl (C=O) groups is 1. The zero-order chi connectivity index (χ0) is 20.9. The number of aliphatic hydroxyl groups excluding tert-OH is 1. The fourth-order valence-corrected chi connectivity index (χ4v) is 3.80. The average Bonchev–Trinajstić information content (AvgIpc) is 2.73. The van der Waals surface area contributed by atoms with Crippen molar-refractivity contribution in [2.45, 2.75) is 51.6 Å². The Hall–Kier alpha value is -2.95. The second-order valence-corrected chi connectivity index (χ2v) is 7.55. The van der Waals surface area contributed by atoms with Gasteiger partial charge in [-0.05, 0) is 55.5 Å². The summed E-state index contributed by atoms with van der Waals surface area (Å²) < 4.78 is 5.95. The minimum absolute atomic E-state index is 0.0890. The Morgan fingerprint density at radius 3 is 2.31 bits per heavy atom. The summed E-state index contributed by atoms with van der Waals surface area (Å²) >= 11 is 0. The zero-order valence-corrected chi connectivity index (χ0v) is 17.1. The predicted molar refractivity (Wildman–Crippen MR) is 114 cm³/mol. The van der Waals surface area contributed by atoms with E-state index in [9.17, 15) is 15.0 Å². The lowest BCUT2D eigenvalue weighted by atomic mass is 9.86. The molecule has 1 aliphatic rings. The van der Waals surface area contributed by atoms with E-state index < -0.39 is 11.6 Å². The summed E-state index contributed by atoms with van der Waals surface area (Å²) in [5.41, 5.74) is 1.43. The molecule has 29 heavy (non-hydrogen) atoms. The molecule has 0 aromatic heterocycles. The minimum Gasteiger partial charge on any atom is -0.510 e. The van der Waals surface area contributed by atoms with Gasteiger partial charge >= 0.3 is 5.97 Å². The van der Waals surface area contributed by atoms with Crippen LogP contribution < -0.4 is 4.90 Å². The molecular formula is C24H29NO4. The highest BCUT2D eigenvalue weighted by Gasteiger charge is 2.42. The van der Waals surface area contributed by atoms with E-state index in [4.69, 9.17) is 4.74 Å². The van der Waals surface area contributed by atoms with Gasteiger partial charge in [0.15, 0.2) is 5.70 Å². The molecular weight excluding hydrogens is 366 g/mol. The highest BCUT2D eigenvalue weighted by atomic mass is 16.6. The molecule has 5 nitrogen and oxygen atoms in total. The minimum atomic E-state index is -0.725. The van der Waals surface area contributed by atoms with Crippen LogP contribution in [0.2, 0.25) is 0 Å². The smallest absolute Gasteiger partial charge is 0.359 e. The molecule has 1 atom stereocenters. The third kappa shape index (κ3) is 4.73. The number of aryl methyl sites for hydroxylation is 1. The first kappa shape index (κ1) is 20.8. The van der Waals surface area contributed by atoms with Crippen molar-refractivity contribution in [2.24, 2.45) is 0 Å². The first-order chi connectivity index (χ1) is 14.0. The lowest BCUT2D eigenvalue weighted by molar-refractivity contribution is -0.160. The summed E-state index contributed by atoms with van der Waals surface area (Å²) in [5.74, 6) is -0.157. The predicted octanol–water partition coefficient (Wildman–Crippen LogP) is 5.11. The monoisotopic (exact) mass is 395 g/mol. The van der Waals surface area contributed by atoms with Crippen LogP contribution in [-0.2, 0) is 16.0 Å². The highest BCUT2D eigenvalue weighted by Crippen LogP contribution is 2.37. The van der Waals surface area contributed by atoms with Crippen LogP contribution in [0.5, 0.6) is 5.75 Å². The molecule has 154 valence electrons. The van der Waals surface area contributed by atoms with Crippen LogP contribution in [0, 0.1) is 0 Å².